The normalized spacial score (nSPS) is 15.1. The van der Waals surface area contributed by atoms with Crippen molar-refractivity contribution in [3.8, 4) is 5.75 Å². The van der Waals surface area contributed by atoms with Gasteiger partial charge in [-0.3, -0.25) is 0 Å². The van der Waals surface area contributed by atoms with Crippen molar-refractivity contribution in [2.24, 2.45) is 0 Å². The molecule has 2 aromatic carbocycles. The standard InChI is InChI=1S/C21H29NO4S/c1-21(2,3)27(24)22-20(17-10-12-18(25-4)13-11-17)19(23)15-26-14-16-8-6-5-7-9-16/h5-13,19-20,22-23H,14-15H2,1-4H3/t19-,20+,27-/m0/s1. The maximum absolute atomic E-state index is 12.6. The maximum Gasteiger partial charge on any atom is 0.118 e. The Morgan fingerprint density at radius 3 is 2.26 bits per heavy atom. The van der Waals surface area contributed by atoms with Gasteiger partial charge in [-0.2, -0.15) is 0 Å². The van der Waals surface area contributed by atoms with E-state index < -0.39 is 27.9 Å². The third kappa shape index (κ3) is 6.74. The first-order chi connectivity index (χ1) is 12.8. The van der Waals surface area contributed by atoms with Crippen LogP contribution in [0.4, 0.5) is 0 Å². The van der Waals surface area contributed by atoms with Gasteiger partial charge < -0.3 is 14.6 Å². The zero-order valence-corrected chi connectivity index (χ0v) is 17.2. The van der Waals surface area contributed by atoms with Crippen molar-refractivity contribution >= 4 is 11.0 Å². The molecular formula is C21H29NO4S. The second kappa shape index (κ2) is 9.99. The molecule has 3 atom stereocenters. The molecule has 0 amide bonds. The third-order valence-corrected chi connectivity index (χ3v) is 5.63. The van der Waals surface area contributed by atoms with Crippen LogP contribution < -0.4 is 9.46 Å². The van der Waals surface area contributed by atoms with Gasteiger partial charge >= 0.3 is 0 Å². The molecule has 0 saturated heterocycles. The molecule has 0 fully saturated rings. The quantitative estimate of drug-likeness (QED) is 0.688. The first-order valence-electron chi connectivity index (χ1n) is 8.93. The molecule has 6 heteroatoms. The largest absolute Gasteiger partial charge is 0.497 e. The molecule has 0 saturated carbocycles. The van der Waals surface area contributed by atoms with Crippen LogP contribution in [-0.4, -0.2) is 33.9 Å². The van der Waals surface area contributed by atoms with Crippen molar-refractivity contribution in [2.75, 3.05) is 13.7 Å². The number of hydrogen-bond donors (Lipinski definition) is 2. The number of hydrogen-bond acceptors (Lipinski definition) is 4. The average Bonchev–Trinajstić information content (AvgIpc) is 2.66. The topological polar surface area (TPSA) is 67.8 Å². The van der Waals surface area contributed by atoms with Crippen molar-refractivity contribution in [3.05, 3.63) is 65.7 Å². The van der Waals surface area contributed by atoms with Crippen LogP contribution in [0.3, 0.4) is 0 Å². The van der Waals surface area contributed by atoms with Crippen LogP contribution in [0.1, 0.15) is 37.9 Å². The second-order valence-electron chi connectivity index (χ2n) is 7.32. The van der Waals surface area contributed by atoms with E-state index in [-0.39, 0.29) is 6.61 Å². The Hall–Kier alpha value is -1.73. The maximum atomic E-state index is 12.6. The molecule has 27 heavy (non-hydrogen) atoms. The summed E-state index contributed by atoms with van der Waals surface area (Å²) in [6, 6.07) is 16.6. The van der Waals surface area contributed by atoms with Gasteiger partial charge in [0.1, 0.15) is 5.75 Å². The third-order valence-electron chi connectivity index (χ3n) is 4.05. The van der Waals surface area contributed by atoms with E-state index in [0.29, 0.717) is 6.61 Å². The van der Waals surface area contributed by atoms with Gasteiger partial charge in [0.15, 0.2) is 0 Å². The SMILES string of the molecule is COc1ccc([C@@H](N[S@@](=O)C(C)(C)C)[C@@H](O)COCc2ccccc2)cc1. The highest BCUT2D eigenvalue weighted by Crippen LogP contribution is 2.23. The molecule has 2 rings (SSSR count). The van der Waals surface area contributed by atoms with E-state index in [1.165, 1.54) is 0 Å². The molecule has 5 nitrogen and oxygen atoms in total. The molecule has 0 aliphatic rings. The number of aliphatic hydroxyl groups excluding tert-OH is 1. The van der Waals surface area contributed by atoms with Crippen LogP contribution in [0.15, 0.2) is 54.6 Å². The van der Waals surface area contributed by atoms with E-state index in [1.54, 1.807) is 7.11 Å². The minimum absolute atomic E-state index is 0.125. The number of benzene rings is 2. The predicted octanol–water partition coefficient (Wildman–Crippen LogP) is 3.37. The molecule has 0 heterocycles. The van der Waals surface area contributed by atoms with Crippen LogP contribution in [0.2, 0.25) is 0 Å². The van der Waals surface area contributed by atoms with Crippen molar-refractivity contribution in [2.45, 2.75) is 44.3 Å². The summed E-state index contributed by atoms with van der Waals surface area (Å²) >= 11 is 0. The number of aliphatic hydroxyl groups is 1. The zero-order chi connectivity index (χ0) is 19.9. The fourth-order valence-corrected chi connectivity index (χ4v) is 3.32. The molecule has 0 aliphatic carbocycles. The monoisotopic (exact) mass is 391 g/mol. The summed E-state index contributed by atoms with van der Waals surface area (Å²) in [6.07, 6.45) is -0.853. The summed E-state index contributed by atoms with van der Waals surface area (Å²) in [4.78, 5) is 0. The van der Waals surface area contributed by atoms with Crippen LogP contribution >= 0.6 is 0 Å². The summed E-state index contributed by atoms with van der Waals surface area (Å²) in [6.45, 7) is 6.20. The Labute approximate surface area is 164 Å². The van der Waals surface area contributed by atoms with E-state index in [9.17, 15) is 9.32 Å². The van der Waals surface area contributed by atoms with Crippen LogP contribution in [0, 0.1) is 0 Å². The van der Waals surface area contributed by atoms with Gasteiger partial charge in [-0.1, -0.05) is 42.5 Å². The summed E-state index contributed by atoms with van der Waals surface area (Å²) in [5.74, 6) is 0.726. The van der Waals surface area contributed by atoms with E-state index >= 15 is 0 Å². The van der Waals surface area contributed by atoms with E-state index in [2.05, 4.69) is 4.72 Å². The van der Waals surface area contributed by atoms with Crippen LogP contribution in [0.25, 0.3) is 0 Å². The summed E-state index contributed by atoms with van der Waals surface area (Å²) in [7, 11) is 0.269. The van der Waals surface area contributed by atoms with E-state index in [0.717, 1.165) is 16.9 Å². The Kier molecular flexibility index (Phi) is 7.98. The Bertz CT molecular complexity index is 713. The Morgan fingerprint density at radius 1 is 1.07 bits per heavy atom. The number of methoxy groups -OCH3 is 1. The lowest BCUT2D eigenvalue weighted by molar-refractivity contribution is 0.0129. The lowest BCUT2D eigenvalue weighted by atomic mass is 10.0. The molecule has 2 N–H and O–H groups in total. The molecule has 0 radical (unpaired) electrons. The molecule has 0 aliphatic heterocycles. The molecule has 0 spiro atoms. The van der Waals surface area contributed by atoms with Crippen LogP contribution in [0.5, 0.6) is 5.75 Å². The van der Waals surface area contributed by atoms with Gasteiger partial charge in [-0.25, -0.2) is 8.93 Å². The lowest BCUT2D eigenvalue weighted by Crippen LogP contribution is -2.41. The van der Waals surface area contributed by atoms with Gasteiger partial charge in [-0.15, -0.1) is 0 Å². The highest BCUT2D eigenvalue weighted by atomic mass is 32.2. The number of nitrogens with one attached hydrogen (secondary N) is 1. The number of ether oxygens (including phenoxy) is 2. The Morgan fingerprint density at radius 2 is 1.70 bits per heavy atom. The predicted molar refractivity (Wildman–Crippen MR) is 109 cm³/mol. The van der Waals surface area contributed by atoms with E-state index in [4.69, 9.17) is 9.47 Å². The second-order valence-corrected chi connectivity index (χ2v) is 9.32. The van der Waals surface area contributed by atoms with Crippen molar-refractivity contribution in [1.82, 2.24) is 4.72 Å². The van der Waals surface area contributed by atoms with Gasteiger partial charge in [-0.05, 0) is 44.0 Å². The number of rotatable bonds is 9. The zero-order valence-electron chi connectivity index (χ0n) is 16.3. The van der Waals surface area contributed by atoms with Crippen molar-refractivity contribution in [3.63, 3.8) is 0 Å². The van der Waals surface area contributed by atoms with Gasteiger partial charge in [0.2, 0.25) is 0 Å². The first kappa shape index (κ1) is 21.6. The molecule has 148 valence electrons. The smallest absolute Gasteiger partial charge is 0.118 e. The highest BCUT2D eigenvalue weighted by molar-refractivity contribution is 7.84. The Balaban J connectivity index is 2.08. The van der Waals surface area contributed by atoms with Gasteiger partial charge in [0.25, 0.3) is 0 Å². The molecule has 0 aromatic heterocycles. The summed E-state index contributed by atoms with van der Waals surface area (Å²) in [5.41, 5.74) is 1.86. The minimum Gasteiger partial charge on any atom is -0.497 e. The summed E-state index contributed by atoms with van der Waals surface area (Å²) < 4.78 is 26.1. The molecular weight excluding hydrogens is 362 g/mol. The molecule has 0 unspecified atom stereocenters. The lowest BCUT2D eigenvalue weighted by Gasteiger charge is -2.28. The average molecular weight is 392 g/mol. The van der Waals surface area contributed by atoms with E-state index in [1.807, 2.05) is 75.4 Å². The highest BCUT2D eigenvalue weighted by Gasteiger charge is 2.28. The van der Waals surface area contributed by atoms with Crippen molar-refractivity contribution in [1.29, 1.82) is 0 Å². The molecule has 2 aromatic rings. The van der Waals surface area contributed by atoms with Gasteiger partial charge in [0.05, 0.1) is 48.2 Å². The van der Waals surface area contributed by atoms with Crippen molar-refractivity contribution < 1.29 is 18.8 Å². The minimum atomic E-state index is -1.33. The van der Waals surface area contributed by atoms with Crippen LogP contribution in [-0.2, 0) is 22.3 Å². The fraction of sp³-hybridized carbons (Fsp3) is 0.429. The fourth-order valence-electron chi connectivity index (χ4n) is 2.44. The molecule has 0 bridgehead atoms. The first-order valence-corrected chi connectivity index (χ1v) is 10.1. The van der Waals surface area contributed by atoms with Gasteiger partial charge in [0, 0.05) is 0 Å². The summed E-state index contributed by atoms with van der Waals surface area (Å²) in [5, 5.41) is 10.7.